The first kappa shape index (κ1) is 16.6. The fourth-order valence-corrected chi connectivity index (χ4v) is 2.03. The van der Waals surface area contributed by atoms with Crippen LogP contribution in [0.3, 0.4) is 0 Å². The number of carbonyl (C=O) groups excluding carboxylic acids is 2. The topological polar surface area (TPSA) is 108 Å². The van der Waals surface area contributed by atoms with Gasteiger partial charge in [-0.15, -0.1) is 0 Å². The molecule has 0 aromatic carbocycles. The lowest BCUT2D eigenvalue weighted by Crippen LogP contribution is -2.47. The number of aliphatic carboxylic acids is 1. The fourth-order valence-electron chi connectivity index (χ4n) is 1.55. The van der Waals surface area contributed by atoms with Crippen LogP contribution in [-0.2, 0) is 9.59 Å². The Bertz CT molecular complexity index is 361. The van der Waals surface area contributed by atoms with E-state index in [4.69, 9.17) is 5.11 Å². The number of carboxylic acids is 1. The number of carboxylic acid groups (broad SMARTS) is 1. The lowest BCUT2D eigenvalue weighted by molar-refractivity contribution is -0.139. The molecule has 1 aliphatic rings. The molecule has 0 aromatic rings. The molecule has 1 rings (SSSR count). The van der Waals surface area contributed by atoms with Gasteiger partial charge in [-0.1, -0.05) is 0 Å². The molecule has 3 amide bonds. The molecular formula is C12H21N3O4S. The van der Waals surface area contributed by atoms with Crippen LogP contribution >= 0.6 is 11.8 Å². The minimum absolute atomic E-state index is 0.0237. The Labute approximate surface area is 122 Å². The molecule has 0 spiro atoms. The van der Waals surface area contributed by atoms with Gasteiger partial charge in [-0.3, -0.25) is 4.79 Å². The van der Waals surface area contributed by atoms with Crippen molar-refractivity contribution in [3.63, 3.8) is 0 Å². The summed E-state index contributed by atoms with van der Waals surface area (Å²) in [7, 11) is 0. The summed E-state index contributed by atoms with van der Waals surface area (Å²) < 4.78 is 0. The van der Waals surface area contributed by atoms with E-state index in [-0.39, 0.29) is 18.4 Å². The van der Waals surface area contributed by atoms with Crippen LogP contribution in [0.25, 0.3) is 0 Å². The van der Waals surface area contributed by atoms with Gasteiger partial charge in [0.15, 0.2) is 0 Å². The molecule has 114 valence electrons. The monoisotopic (exact) mass is 303 g/mol. The van der Waals surface area contributed by atoms with Crippen molar-refractivity contribution in [2.45, 2.75) is 25.3 Å². The van der Waals surface area contributed by atoms with E-state index in [0.717, 1.165) is 12.8 Å². The van der Waals surface area contributed by atoms with Crippen LogP contribution in [0.1, 0.15) is 19.3 Å². The minimum Gasteiger partial charge on any atom is -0.480 e. The molecule has 0 unspecified atom stereocenters. The third-order valence-corrected chi connectivity index (χ3v) is 3.52. The van der Waals surface area contributed by atoms with Gasteiger partial charge in [-0.25, -0.2) is 9.59 Å². The summed E-state index contributed by atoms with van der Waals surface area (Å²) in [6.07, 6.45) is 4.13. The summed E-state index contributed by atoms with van der Waals surface area (Å²) in [5.41, 5.74) is 0. The summed E-state index contributed by atoms with van der Waals surface area (Å²) in [6, 6.07) is -1.41. The van der Waals surface area contributed by atoms with Gasteiger partial charge >= 0.3 is 12.0 Å². The SMILES string of the molecule is CSCC[C@H](NC(=O)NCCNC(=O)C1CC1)C(=O)O. The second kappa shape index (κ2) is 8.68. The molecule has 0 aromatic heterocycles. The predicted octanol–water partition coefficient (Wildman–Crippen LogP) is 0.0181. The van der Waals surface area contributed by atoms with Gasteiger partial charge in [-0.2, -0.15) is 11.8 Å². The highest BCUT2D eigenvalue weighted by Gasteiger charge is 2.29. The van der Waals surface area contributed by atoms with Gasteiger partial charge in [0.1, 0.15) is 6.04 Å². The Kier molecular flexibility index (Phi) is 7.21. The Morgan fingerprint density at radius 1 is 1.25 bits per heavy atom. The molecular weight excluding hydrogens is 282 g/mol. The first-order valence-corrected chi connectivity index (χ1v) is 7.97. The molecule has 1 fully saturated rings. The summed E-state index contributed by atoms with van der Waals surface area (Å²) in [4.78, 5) is 33.8. The first-order valence-electron chi connectivity index (χ1n) is 6.58. The third kappa shape index (κ3) is 6.65. The summed E-state index contributed by atoms with van der Waals surface area (Å²) >= 11 is 1.53. The van der Waals surface area contributed by atoms with Crippen LogP contribution in [-0.4, -0.2) is 54.2 Å². The van der Waals surface area contributed by atoms with Gasteiger partial charge in [0.05, 0.1) is 0 Å². The normalized spacial score (nSPS) is 15.2. The molecule has 4 N–H and O–H groups in total. The highest BCUT2D eigenvalue weighted by Crippen LogP contribution is 2.28. The molecule has 8 heteroatoms. The standard InChI is InChI=1S/C12H21N3O4S/c1-20-7-4-9(11(17)18)15-12(19)14-6-5-13-10(16)8-2-3-8/h8-9H,2-7H2,1H3,(H,13,16)(H,17,18)(H2,14,15,19)/t9-/m0/s1. The van der Waals surface area contributed by atoms with Crippen molar-refractivity contribution in [3.05, 3.63) is 0 Å². The quantitative estimate of drug-likeness (QED) is 0.449. The minimum atomic E-state index is -1.05. The Hall–Kier alpha value is -1.44. The summed E-state index contributed by atoms with van der Waals surface area (Å²) in [5.74, 6) is -0.215. The zero-order chi connectivity index (χ0) is 15.0. The van der Waals surface area contributed by atoms with Gasteiger partial charge < -0.3 is 21.1 Å². The number of rotatable bonds is 9. The third-order valence-electron chi connectivity index (χ3n) is 2.87. The number of thioether (sulfide) groups is 1. The maximum Gasteiger partial charge on any atom is 0.326 e. The molecule has 0 bridgehead atoms. The van der Waals surface area contributed by atoms with Crippen molar-refractivity contribution in [1.29, 1.82) is 0 Å². The number of urea groups is 1. The molecule has 1 aliphatic carbocycles. The van der Waals surface area contributed by atoms with Crippen LogP contribution in [0.15, 0.2) is 0 Å². The molecule has 0 radical (unpaired) electrons. The highest BCUT2D eigenvalue weighted by molar-refractivity contribution is 7.98. The number of carbonyl (C=O) groups is 3. The molecule has 7 nitrogen and oxygen atoms in total. The van der Waals surface area contributed by atoms with Crippen molar-refractivity contribution in [1.82, 2.24) is 16.0 Å². The predicted molar refractivity (Wildman–Crippen MR) is 76.7 cm³/mol. The fraction of sp³-hybridized carbons (Fsp3) is 0.750. The molecule has 0 heterocycles. The average Bonchev–Trinajstić information content (AvgIpc) is 3.23. The van der Waals surface area contributed by atoms with Gasteiger partial charge in [0.25, 0.3) is 0 Å². The van der Waals surface area contributed by atoms with Crippen molar-refractivity contribution < 1.29 is 19.5 Å². The lowest BCUT2D eigenvalue weighted by Gasteiger charge is -2.14. The Morgan fingerprint density at radius 2 is 1.90 bits per heavy atom. The number of nitrogens with one attached hydrogen (secondary N) is 3. The van der Waals surface area contributed by atoms with Crippen LogP contribution in [0.5, 0.6) is 0 Å². The number of hydrogen-bond donors (Lipinski definition) is 4. The smallest absolute Gasteiger partial charge is 0.326 e. The van der Waals surface area contributed by atoms with Crippen LogP contribution in [0.4, 0.5) is 4.79 Å². The zero-order valence-corrected chi connectivity index (χ0v) is 12.3. The highest BCUT2D eigenvalue weighted by atomic mass is 32.2. The first-order chi connectivity index (χ1) is 9.54. The molecule has 0 saturated heterocycles. The van der Waals surface area contributed by atoms with E-state index in [1.54, 1.807) is 0 Å². The van der Waals surface area contributed by atoms with Crippen molar-refractivity contribution in [2.24, 2.45) is 5.92 Å². The van der Waals surface area contributed by atoms with Crippen LogP contribution in [0, 0.1) is 5.92 Å². The van der Waals surface area contributed by atoms with Crippen molar-refractivity contribution in [3.8, 4) is 0 Å². The maximum absolute atomic E-state index is 11.5. The van der Waals surface area contributed by atoms with Crippen molar-refractivity contribution in [2.75, 3.05) is 25.1 Å². The molecule has 0 aliphatic heterocycles. The van der Waals surface area contributed by atoms with Gasteiger partial charge in [0.2, 0.25) is 5.91 Å². The largest absolute Gasteiger partial charge is 0.480 e. The molecule has 1 atom stereocenters. The van der Waals surface area contributed by atoms with E-state index in [2.05, 4.69) is 16.0 Å². The second-order valence-corrected chi connectivity index (χ2v) is 5.62. The van der Waals surface area contributed by atoms with E-state index in [9.17, 15) is 14.4 Å². The Morgan fingerprint density at radius 3 is 2.45 bits per heavy atom. The number of hydrogen-bond acceptors (Lipinski definition) is 4. The van der Waals surface area contributed by atoms with E-state index in [1.807, 2.05) is 6.26 Å². The lowest BCUT2D eigenvalue weighted by atomic mass is 10.2. The molecule has 20 heavy (non-hydrogen) atoms. The van der Waals surface area contributed by atoms with Gasteiger partial charge in [-0.05, 0) is 31.3 Å². The maximum atomic E-state index is 11.5. The van der Waals surface area contributed by atoms with Crippen molar-refractivity contribution >= 4 is 29.7 Å². The van der Waals surface area contributed by atoms with Crippen LogP contribution < -0.4 is 16.0 Å². The average molecular weight is 303 g/mol. The van der Waals surface area contributed by atoms with E-state index >= 15 is 0 Å². The number of amides is 3. The second-order valence-electron chi connectivity index (χ2n) is 4.64. The molecule has 1 saturated carbocycles. The van der Waals surface area contributed by atoms with Crippen LogP contribution in [0.2, 0.25) is 0 Å². The van der Waals surface area contributed by atoms with E-state index < -0.39 is 18.0 Å². The summed E-state index contributed by atoms with van der Waals surface area (Å²) in [6.45, 7) is 0.629. The van der Waals surface area contributed by atoms with E-state index in [0.29, 0.717) is 18.7 Å². The Balaban J connectivity index is 2.13. The summed E-state index contributed by atoms with van der Waals surface area (Å²) in [5, 5.41) is 16.6. The zero-order valence-electron chi connectivity index (χ0n) is 11.5. The van der Waals surface area contributed by atoms with Gasteiger partial charge in [0, 0.05) is 19.0 Å². The van der Waals surface area contributed by atoms with E-state index in [1.165, 1.54) is 11.8 Å².